The van der Waals surface area contributed by atoms with Gasteiger partial charge in [-0.25, -0.2) is 9.18 Å². The summed E-state index contributed by atoms with van der Waals surface area (Å²) in [6.45, 7) is 9.66. The average molecular weight is 341 g/mol. The summed E-state index contributed by atoms with van der Waals surface area (Å²) >= 11 is 5.96. The van der Waals surface area contributed by atoms with Gasteiger partial charge in [0.15, 0.2) is 5.82 Å². The topological polar surface area (TPSA) is 41.6 Å². The Morgan fingerprint density at radius 3 is 2.78 bits per heavy atom. The third kappa shape index (κ3) is 3.96. The Morgan fingerprint density at radius 1 is 1.57 bits per heavy atom. The lowest BCUT2D eigenvalue weighted by atomic mass is 9.94. The molecule has 1 aliphatic heterocycles. The number of alkyl carbamates (subject to hydrolysis) is 1. The van der Waals surface area contributed by atoms with Crippen molar-refractivity contribution in [2.45, 2.75) is 38.8 Å². The van der Waals surface area contributed by atoms with E-state index < -0.39 is 17.5 Å². The van der Waals surface area contributed by atoms with Crippen LogP contribution in [0.15, 0.2) is 12.6 Å². The molecule has 2 rings (SSSR count). The number of nitrogens with one attached hydrogen (secondary N) is 1. The van der Waals surface area contributed by atoms with E-state index in [2.05, 4.69) is 11.9 Å². The first-order valence-corrected chi connectivity index (χ1v) is 7.84. The number of halogens is 2. The van der Waals surface area contributed by atoms with Gasteiger partial charge in [-0.05, 0) is 38.8 Å². The molecule has 0 fully saturated rings. The third-order valence-electron chi connectivity index (χ3n) is 3.57. The van der Waals surface area contributed by atoms with Crippen LogP contribution in [0.5, 0.6) is 0 Å². The number of hydrogen-bond donors (Lipinski definition) is 1. The molecule has 0 saturated carbocycles. The monoisotopic (exact) mass is 340 g/mol. The number of rotatable bonds is 2. The van der Waals surface area contributed by atoms with Crippen LogP contribution in [0.3, 0.4) is 0 Å². The molecule has 1 aromatic rings. The Bertz CT molecular complexity index is 640. The minimum absolute atomic E-state index is 0.0602. The summed E-state index contributed by atoms with van der Waals surface area (Å²) in [5.74, 6) is -0.467. The van der Waals surface area contributed by atoms with Crippen LogP contribution in [-0.2, 0) is 11.2 Å². The molecule has 0 bridgehead atoms. The second-order valence-electron chi connectivity index (χ2n) is 6.73. The summed E-state index contributed by atoms with van der Waals surface area (Å²) in [7, 11) is 1.85. The van der Waals surface area contributed by atoms with E-state index in [1.54, 1.807) is 6.07 Å². The number of ether oxygens (including phenoxy) is 1. The molecule has 1 aromatic carbocycles. The predicted molar refractivity (Wildman–Crippen MR) is 91.6 cm³/mol. The molecule has 126 valence electrons. The normalized spacial score (nSPS) is 17.5. The van der Waals surface area contributed by atoms with Gasteiger partial charge in [0.05, 0.1) is 16.8 Å². The number of anilines is 1. The molecular weight excluding hydrogens is 319 g/mol. The second-order valence-corrected chi connectivity index (χ2v) is 7.13. The highest BCUT2D eigenvalue weighted by atomic mass is 35.5. The van der Waals surface area contributed by atoms with Gasteiger partial charge in [-0.15, -0.1) is 0 Å². The number of hydrogen-bond acceptors (Lipinski definition) is 3. The molecule has 4 nitrogen and oxygen atoms in total. The summed E-state index contributed by atoms with van der Waals surface area (Å²) in [6, 6.07) is 1.47. The van der Waals surface area contributed by atoms with Crippen molar-refractivity contribution in [3.05, 3.63) is 34.6 Å². The first-order chi connectivity index (χ1) is 10.6. The smallest absolute Gasteiger partial charge is 0.407 e. The molecule has 0 spiro atoms. The van der Waals surface area contributed by atoms with Crippen molar-refractivity contribution in [2.75, 3.05) is 18.5 Å². The van der Waals surface area contributed by atoms with E-state index in [1.165, 1.54) is 6.08 Å². The number of fused-ring (bicyclic) bond motifs is 1. The average Bonchev–Trinajstić information content (AvgIpc) is 2.38. The predicted octanol–water partition coefficient (Wildman–Crippen LogP) is 4.01. The summed E-state index contributed by atoms with van der Waals surface area (Å²) < 4.78 is 19.4. The van der Waals surface area contributed by atoms with Gasteiger partial charge in [-0.2, -0.15) is 0 Å². The highest BCUT2D eigenvalue weighted by Gasteiger charge is 2.29. The highest BCUT2D eigenvalue weighted by molar-refractivity contribution is 6.31. The first kappa shape index (κ1) is 17.6. The fourth-order valence-corrected chi connectivity index (χ4v) is 3.04. The lowest BCUT2D eigenvalue weighted by molar-refractivity contribution is 0.0505. The summed E-state index contributed by atoms with van der Waals surface area (Å²) in [4.78, 5) is 13.8. The molecule has 1 N–H and O–H groups in total. The summed E-state index contributed by atoms with van der Waals surface area (Å²) in [5, 5.41) is 2.91. The summed E-state index contributed by atoms with van der Waals surface area (Å²) in [6.07, 6.45) is 1.56. The maximum atomic E-state index is 14.1. The van der Waals surface area contributed by atoms with Gasteiger partial charge < -0.3 is 15.0 Å². The summed E-state index contributed by atoms with van der Waals surface area (Å²) in [5.41, 5.74) is 1.49. The van der Waals surface area contributed by atoms with Crippen LogP contribution in [0.4, 0.5) is 14.9 Å². The van der Waals surface area contributed by atoms with Gasteiger partial charge in [0, 0.05) is 19.2 Å². The van der Waals surface area contributed by atoms with Crippen LogP contribution in [-0.4, -0.2) is 31.3 Å². The molecule has 0 aliphatic carbocycles. The van der Waals surface area contributed by atoms with Gasteiger partial charge in [-0.3, -0.25) is 0 Å². The first-order valence-electron chi connectivity index (χ1n) is 7.46. The van der Waals surface area contributed by atoms with E-state index >= 15 is 0 Å². The van der Waals surface area contributed by atoms with Crippen LogP contribution in [0.2, 0.25) is 5.02 Å². The van der Waals surface area contributed by atoms with Gasteiger partial charge >= 0.3 is 6.09 Å². The van der Waals surface area contributed by atoms with Gasteiger partial charge in [0.2, 0.25) is 0 Å². The van der Waals surface area contributed by atoms with E-state index in [0.717, 1.165) is 11.3 Å². The Labute approximate surface area is 141 Å². The van der Waals surface area contributed by atoms with Crippen LogP contribution in [0.1, 0.15) is 31.9 Å². The lowest BCUT2D eigenvalue weighted by Crippen LogP contribution is -2.48. The number of nitrogens with zero attached hydrogens (tertiary/aromatic N) is 1. The van der Waals surface area contributed by atoms with E-state index in [-0.39, 0.29) is 11.1 Å². The molecule has 0 radical (unpaired) electrons. The van der Waals surface area contributed by atoms with Gasteiger partial charge in [-0.1, -0.05) is 24.3 Å². The minimum atomic E-state index is -0.551. The van der Waals surface area contributed by atoms with E-state index in [0.29, 0.717) is 18.5 Å². The highest BCUT2D eigenvalue weighted by Crippen LogP contribution is 2.36. The van der Waals surface area contributed by atoms with E-state index in [4.69, 9.17) is 16.3 Å². The molecule has 1 aliphatic rings. The molecule has 23 heavy (non-hydrogen) atoms. The Balaban J connectivity index is 2.23. The van der Waals surface area contributed by atoms with E-state index in [9.17, 15) is 9.18 Å². The zero-order valence-corrected chi connectivity index (χ0v) is 14.6. The largest absolute Gasteiger partial charge is 0.444 e. The molecule has 0 saturated heterocycles. The number of benzene rings is 1. The van der Waals surface area contributed by atoms with Crippen molar-refractivity contribution in [1.29, 1.82) is 0 Å². The Hall–Kier alpha value is -1.75. The Morgan fingerprint density at radius 2 is 2.22 bits per heavy atom. The van der Waals surface area contributed by atoms with Crippen LogP contribution in [0, 0.1) is 5.82 Å². The molecule has 0 aromatic heterocycles. The zero-order chi connectivity index (χ0) is 17.4. The van der Waals surface area contributed by atoms with Crippen molar-refractivity contribution in [3.63, 3.8) is 0 Å². The number of amides is 1. The van der Waals surface area contributed by atoms with Crippen molar-refractivity contribution < 1.29 is 13.9 Å². The van der Waals surface area contributed by atoms with Crippen molar-refractivity contribution in [2.24, 2.45) is 0 Å². The van der Waals surface area contributed by atoms with Crippen LogP contribution >= 0.6 is 11.6 Å². The maximum Gasteiger partial charge on any atom is 0.407 e. The van der Waals surface area contributed by atoms with Crippen LogP contribution < -0.4 is 10.2 Å². The maximum absolute atomic E-state index is 14.1. The SMILES string of the molecule is C=Cc1c(F)c(Cl)cc2c1N(C)CC(NC(=O)OC(C)(C)C)C2. The second kappa shape index (κ2) is 6.40. The van der Waals surface area contributed by atoms with Crippen molar-refractivity contribution in [1.82, 2.24) is 5.32 Å². The lowest BCUT2D eigenvalue weighted by Gasteiger charge is -2.35. The van der Waals surface area contributed by atoms with Crippen molar-refractivity contribution >= 4 is 29.5 Å². The van der Waals surface area contributed by atoms with Gasteiger partial charge in [0.1, 0.15) is 5.60 Å². The number of likely N-dealkylation sites (N-methyl/N-ethyl adjacent to an activating group) is 1. The van der Waals surface area contributed by atoms with Crippen molar-refractivity contribution in [3.8, 4) is 0 Å². The quantitative estimate of drug-likeness (QED) is 0.884. The molecule has 1 atom stereocenters. The number of carbonyl (C=O) groups excluding carboxylic acids is 1. The third-order valence-corrected chi connectivity index (χ3v) is 3.85. The Kier molecular flexibility index (Phi) is 4.90. The van der Waals surface area contributed by atoms with E-state index in [1.807, 2.05) is 32.7 Å². The molecule has 1 amide bonds. The minimum Gasteiger partial charge on any atom is -0.444 e. The van der Waals surface area contributed by atoms with Gasteiger partial charge in [0.25, 0.3) is 0 Å². The fourth-order valence-electron chi connectivity index (χ4n) is 2.81. The molecular formula is C17H22ClFN2O2. The number of carbonyl (C=O) groups is 1. The molecule has 1 heterocycles. The molecule has 6 heteroatoms. The standard InChI is InChI=1S/C17H22ClFN2O2/c1-6-12-14(19)13(18)8-10-7-11(9-21(5)15(10)12)20-16(22)23-17(2,3)4/h6,8,11H,1,7,9H2,2-5H3,(H,20,22). The fraction of sp³-hybridized carbons (Fsp3) is 0.471. The molecule has 1 unspecified atom stereocenters. The van der Waals surface area contributed by atoms with Crippen LogP contribution in [0.25, 0.3) is 6.08 Å². The zero-order valence-electron chi connectivity index (χ0n) is 13.9.